The molecule has 0 aliphatic rings. The molecule has 0 aromatic carbocycles. The van der Waals surface area contributed by atoms with E-state index in [-0.39, 0.29) is 2.41 Å². The van der Waals surface area contributed by atoms with E-state index in [2.05, 4.69) is 81.8 Å². The van der Waals surface area contributed by atoms with Crippen LogP contribution in [0.15, 0.2) is 18.5 Å². The van der Waals surface area contributed by atoms with E-state index in [9.17, 15) is 0 Å². The summed E-state index contributed by atoms with van der Waals surface area (Å²) >= 11 is 14.9. The van der Waals surface area contributed by atoms with Crippen molar-refractivity contribution in [2.24, 2.45) is 0 Å². The van der Waals surface area contributed by atoms with Crippen LogP contribution in [0.2, 0.25) is 5.02 Å². The first-order chi connectivity index (χ1) is 7.08. The molecule has 80 valence electrons. The lowest BCUT2D eigenvalue weighted by molar-refractivity contribution is 1.26. The monoisotopic (exact) mass is 594 g/mol. The molecule has 2 nitrogen and oxygen atoms in total. The first kappa shape index (κ1) is 13.4. The van der Waals surface area contributed by atoms with Gasteiger partial charge in [-0.2, -0.15) is 0 Å². The molecule has 2 heterocycles. The van der Waals surface area contributed by atoms with Crippen molar-refractivity contribution in [1.29, 1.82) is 0 Å². The molecule has 0 radical (unpaired) electrons. The van der Waals surface area contributed by atoms with Crippen molar-refractivity contribution in [2.45, 2.75) is 0 Å². The number of hydrogen-bond acceptors (Lipinski definition) is 2. The molecular formula is C7H3ClI3N2PS. The molecule has 8 heteroatoms. The van der Waals surface area contributed by atoms with Gasteiger partial charge in [0.25, 0.3) is 0 Å². The molecule has 0 saturated carbocycles. The fourth-order valence-electron chi connectivity index (χ4n) is 1.15. The third-order valence-corrected chi connectivity index (χ3v) is 7.39. The van der Waals surface area contributed by atoms with Crippen LogP contribution in [0, 0.1) is 3.57 Å². The highest BCUT2D eigenvalue weighted by Gasteiger charge is 2.11. The Bertz CT molecular complexity index is 504. The minimum absolute atomic E-state index is 0.101. The molecule has 0 bridgehead atoms. The summed E-state index contributed by atoms with van der Waals surface area (Å²) in [6, 6.07) is 1.96. The number of halogens is 4. The summed E-state index contributed by atoms with van der Waals surface area (Å²) < 4.78 is 3.21. The summed E-state index contributed by atoms with van der Waals surface area (Å²) in [4.78, 5) is 4.36. The molecule has 0 fully saturated rings. The Morgan fingerprint density at radius 3 is 2.87 bits per heavy atom. The van der Waals surface area contributed by atoms with Gasteiger partial charge in [0.1, 0.15) is 2.41 Å². The molecule has 0 saturated heterocycles. The van der Waals surface area contributed by atoms with Crippen LogP contribution in [0.5, 0.6) is 0 Å². The van der Waals surface area contributed by atoms with Gasteiger partial charge in [-0.15, -0.1) is 0 Å². The van der Waals surface area contributed by atoms with Crippen LogP contribution in [0.3, 0.4) is 0 Å². The second-order valence-electron chi connectivity index (χ2n) is 2.61. The zero-order valence-corrected chi connectivity index (χ0v) is 15.9. The molecular weight excluding hydrogens is 591 g/mol. The van der Waals surface area contributed by atoms with Crippen LogP contribution in [-0.4, -0.2) is 8.96 Å². The summed E-state index contributed by atoms with van der Waals surface area (Å²) in [5.41, 5.74) is 0.995. The molecule has 0 spiro atoms. The Morgan fingerprint density at radius 1 is 1.47 bits per heavy atom. The van der Waals surface area contributed by atoms with Crippen molar-refractivity contribution < 1.29 is 0 Å². The van der Waals surface area contributed by atoms with Crippen molar-refractivity contribution >= 4 is 103 Å². The van der Waals surface area contributed by atoms with Crippen LogP contribution < -0.4 is 0 Å². The molecule has 2 aromatic heterocycles. The number of nitrogens with zero attached hydrogens (tertiary/aromatic N) is 2. The average Bonchev–Trinajstić information content (AvgIpc) is 2.42. The maximum atomic E-state index is 5.92. The SMILES string of the molecule is Clc1cnc2c(c1)c(I)cn2SP(I)I. The third-order valence-electron chi connectivity index (χ3n) is 1.68. The quantitative estimate of drug-likeness (QED) is 0.319. The van der Waals surface area contributed by atoms with E-state index < -0.39 is 0 Å². The molecule has 0 aliphatic heterocycles. The van der Waals surface area contributed by atoms with Gasteiger partial charge in [0, 0.05) is 32.9 Å². The second kappa shape index (κ2) is 5.73. The van der Waals surface area contributed by atoms with Crippen LogP contribution in [0.25, 0.3) is 11.0 Å². The number of pyridine rings is 1. The van der Waals surface area contributed by atoms with Crippen molar-refractivity contribution in [3.8, 4) is 0 Å². The van der Waals surface area contributed by atoms with Gasteiger partial charge in [0.15, 0.2) is 5.65 Å². The summed E-state index contributed by atoms with van der Waals surface area (Å²) in [6.45, 7) is 0. The van der Waals surface area contributed by atoms with Gasteiger partial charge in [-0.25, -0.2) is 4.98 Å². The van der Waals surface area contributed by atoms with E-state index >= 15 is 0 Å². The Balaban J connectivity index is 2.57. The predicted molar refractivity (Wildman–Crippen MR) is 95.4 cm³/mol. The number of rotatable bonds is 2. The zero-order chi connectivity index (χ0) is 11.0. The summed E-state index contributed by atoms with van der Waals surface area (Å²) in [5.74, 6) is 0. The standard InChI is InChI=1S/C7H3ClI3N2PS/c8-4-1-5-6(9)3-13(15-14(10)11)7(5)12-2-4/h1-3H. The fourth-order valence-corrected chi connectivity index (χ4v) is 6.87. The lowest BCUT2D eigenvalue weighted by Crippen LogP contribution is -1.83. The van der Waals surface area contributed by atoms with Crippen molar-refractivity contribution in [3.63, 3.8) is 0 Å². The average molecular weight is 594 g/mol. The highest BCUT2D eigenvalue weighted by molar-refractivity contribution is 14.3. The Kier molecular flexibility index (Phi) is 5.11. The molecule has 0 amide bonds. The molecule has 0 atom stereocenters. The van der Waals surface area contributed by atoms with E-state index in [1.165, 1.54) is 3.57 Å². The second-order valence-corrected chi connectivity index (χ2v) is 22.0. The Morgan fingerprint density at radius 2 is 2.20 bits per heavy atom. The van der Waals surface area contributed by atoms with Crippen LogP contribution in [-0.2, 0) is 0 Å². The van der Waals surface area contributed by atoms with E-state index in [1.54, 1.807) is 17.8 Å². The minimum Gasteiger partial charge on any atom is -0.269 e. The first-order valence-corrected chi connectivity index (χ1v) is 13.4. The number of hydrogen-bond donors (Lipinski definition) is 0. The Hall–Kier alpha value is 1.95. The van der Waals surface area contributed by atoms with Gasteiger partial charge in [0.2, 0.25) is 0 Å². The van der Waals surface area contributed by atoms with Crippen LogP contribution in [0.1, 0.15) is 0 Å². The minimum atomic E-state index is -0.101. The number of fused-ring (bicyclic) bond motifs is 1. The third kappa shape index (κ3) is 3.24. The largest absolute Gasteiger partial charge is 0.269 e. The van der Waals surface area contributed by atoms with Gasteiger partial charge in [-0.3, -0.25) is 3.97 Å². The predicted octanol–water partition coefficient (Wildman–Crippen LogP) is 5.89. The maximum absolute atomic E-state index is 5.92. The Labute approximate surface area is 137 Å². The summed E-state index contributed by atoms with van der Waals surface area (Å²) in [5, 5.41) is 1.81. The van der Waals surface area contributed by atoms with Gasteiger partial charge < -0.3 is 0 Å². The van der Waals surface area contributed by atoms with Gasteiger partial charge in [-0.1, -0.05) is 11.6 Å². The topological polar surface area (TPSA) is 17.8 Å². The highest BCUT2D eigenvalue weighted by atomic mass is 127. The smallest absolute Gasteiger partial charge is 0.151 e. The van der Waals surface area contributed by atoms with E-state index in [0.29, 0.717) is 5.02 Å². The zero-order valence-electron chi connectivity index (χ0n) is 6.99. The van der Waals surface area contributed by atoms with Gasteiger partial charge >= 0.3 is 0 Å². The number of aromatic nitrogens is 2. The van der Waals surface area contributed by atoms with Crippen molar-refractivity contribution in [1.82, 2.24) is 8.96 Å². The summed E-state index contributed by atoms with van der Waals surface area (Å²) in [7, 11) is 0. The fraction of sp³-hybridized carbons (Fsp3) is 0. The van der Waals surface area contributed by atoms with E-state index in [1.807, 2.05) is 6.07 Å². The van der Waals surface area contributed by atoms with Crippen molar-refractivity contribution in [2.75, 3.05) is 0 Å². The lowest BCUT2D eigenvalue weighted by atomic mass is 10.3. The summed E-state index contributed by atoms with van der Waals surface area (Å²) in [6.07, 6.45) is 3.80. The van der Waals surface area contributed by atoms with Crippen molar-refractivity contribution in [3.05, 3.63) is 27.1 Å². The lowest BCUT2D eigenvalue weighted by Gasteiger charge is -2.02. The molecule has 0 aliphatic carbocycles. The molecule has 2 aromatic rings. The highest BCUT2D eigenvalue weighted by Crippen LogP contribution is 2.65. The maximum Gasteiger partial charge on any atom is 0.151 e. The van der Waals surface area contributed by atoms with E-state index in [0.717, 1.165) is 11.0 Å². The molecule has 15 heavy (non-hydrogen) atoms. The van der Waals surface area contributed by atoms with Crippen LogP contribution in [0.4, 0.5) is 0 Å². The molecule has 0 N–H and O–H groups in total. The van der Waals surface area contributed by atoms with Crippen LogP contribution >= 0.6 is 92.2 Å². The normalized spacial score (nSPS) is 11.5. The molecule has 2 rings (SSSR count). The van der Waals surface area contributed by atoms with E-state index in [4.69, 9.17) is 11.6 Å². The van der Waals surface area contributed by atoms with Gasteiger partial charge in [0.05, 0.1) is 5.02 Å². The first-order valence-electron chi connectivity index (χ1n) is 3.70. The molecule has 0 unspecified atom stereocenters. The van der Waals surface area contributed by atoms with Gasteiger partial charge in [-0.05, 0) is 72.7 Å².